The summed E-state index contributed by atoms with van der Waals surface area (Å²) in [4.78, 5) is 8.10. The van der Waals surface area contributed by atoms with Gasteiger partial charge in [0.25, 0.3) is 0 Å². The Morgan fingerprint density at radius 3 is 2.47 bits per heavy atom. The lowest BCUT2D eigenvalue weighted by Crippen LogP contribution is -2.14. The number of nitrogens with two attached hydrogens (primary N) is 1. The molecule has 0 aliphatic heterocycles. The summed E-state index contributed by atoms with van der Waals surface area (Å²) in [7, 11) is 0. The van der Waals surface area contributed by atoms with E-state index in [1.165, 1.54) is 0 Å². The summed E-state index contributed by atoms with van der Waals surface area (Å²) in [5.74, 6) is 6.25. The molecular formula is C10H11F3N6. The third-order valence-electron chi connectivity index (χ3n) is 2.50. The Balaban J connectivity index is 2.53. The summed E-state index contributed by atoms with van der Waals surface area (Å²) in [6.45, 7) is 3.25. The molecule has 2 aromatic rings. The third kappa shape index (κ3) is 2.50. The van der Waals surface area contributed by atoms with Crippen LogP contribution in [0.2, 0.25) is 0 Å². The number of nitrogens with one attached hydrogen (secondary N) is 1. The Labute approximate surface area is 106 Å². The first kappa shape index (κ1) is 13.3. The van der Waals surface area contributed by atoms with Crippen LogP contribution in [0.15, 0.2) is 12.4 Å². The molecule has 3 N–H and O–H groups in total. The molecule has 0 fully saturated rings. The number of aromatic nitrogens is 4. The number of hydrogen-bond donors (Lipinski definition) is 2. The van der Waals surface area contributed by atoms with Crippen LogP contribution in [0.5, 0.6) is 0 Å². The maximum Gasteiger partial charge on any atom is 0.419 e. The van der Waals surface area contributed by atoms with Crippen molar-refractivity contribution in [2.75, 3.05) is 5.43 Å². The Morgan fingerprint density at radius 1 is 1.26 bits per heavy atom. The van der Waals surface area contributed by atoms with E-state index in [9.17, 15) is 13.2 Å². The molecule has 2 rings (SSSR count). The van der Waals surface area contributed by atoms with Crippen molar-refractivity contribution in [2.45, 2.75) is 20.0 Å². The molecule has 0 saturated carbocycles. The van der Waals surface area contributed by atoms with E-state index in [0.717, 1.165) is 17.1 Å². The lowest BCUT2D eigenvalue weighted by Gasteiger charge is -2.10. The van der Waals surface area contributed by atoms with Gasteiger partial charge in [-0.25, -0.2) is 20.5 Å². The fourth-order valence-electron chi connectivity index (χ4n) is 1.56. The van der Waals surface area contributed by atoms with Crippen LogP contribution >= 0.6 is 0 Å². The number of alkyl halides is 3. The highest BCUT2D eigenvalue weighted by molar-refractivity contribution is 5.50. The van der Waals surface area contributed by atoms with Crippen molar-refractivity contribution in [3.63, 3.8) is 0 Å². The van der Waals surface area contributed by atoms with E-state index >= 15 is 0 Å². The Morgan fingerprint density at radius 2 is 1.95 bits per heavy atom. The fourth-order valence-corrected chi connectivity index (χ4v) is 1.56. The quantitative estimate of drug-likeness (QED) is 0.640. The third-order valence-corrected chi connectivity index (χ3v) is 2.50. The minimum atomic E-state index is -4.44. The molecule has 0 amide bonds. The number of halogens is 3. The summed E-state index contributed by atoms with van der Waals surface area (Å²) in [6, 6.07) is 0. The van der Waals surface area contributed by atoms with E-state index in [0.29, 0.717) is 17.2 Å². The van der Waals surface area contributed by atoms with Gasteiger partial charge in [0.05, 0.1) is 11.8 Å². The molecule has 2 aromatic heterocycles. The maximum atomic E-state index is 12.5. The van der Waals surface area contributed by atoms with Crippen molar-refractivity contribution in [1.82, 2.24) is 19.7 Å². The van der Waals surface area contributed by atoms with Crippen molar-refractivity contribution in [3.8, 4) is 5.82 Å². The van der Waals surface area contributed by atoms with E-state index < -0.39 is 11.7 Å². The van der Waals surface area contributed by atoms with Crippen LogP contribution in [-0.4, -0.2) is 19.7 Å². The first-order valence-corrected chi connectivity index (χ1v) is 5.27. The van der Waals surface area contributed by atoms with Crippen molar-refractivity contribution >= 4 is 5.82 Å². The van der Waals surface area contributed by atoms with Crippen LogP contribution in [0.4, 0.5) is 19.0 Å². The molecule has 102 valence electrons. The largest absolute Gasteiger partial charge is 0.419 e. The summed E-state index contributed by atoms with van der Waals surface area (Å²) in [5, 5.41) is 3.67. The first-order valence-electron chi connectivity index (χ1n) is 5.27. The summed E-state index contributed by atoms with van der Waals surface area (Å²) < 4.78 is 38.6. The van der Waals surface area contributed by atoms with Gasteiger partial charge in [-0.05, 0) is 13.8 Å². The lowest BCUT2D eigenvalue weighted by molar-refractivity contribution is -0.137. The van der Waals surface area contributed by atoms with Crippen LogP contribution < -0.4 is 11.3 Å². The van der Waals surface area contributed by atoms with Gasteiger partial charge in [-0.3, -0.25) is 0 Å². The molecule has 0 saturated heterocycles. The average Bonchev–Trinajstić information content (AvgIpc) is 2.80. The molecule has 9 heteroatoms. The number of anilines is 1. The SMILES string of the molecule is Cc1nc(NN)c(C)c(-n2cc(C(F)(F)F)cn2)n1. The van der Waals surface area contributed by atoms with E-state index in [1.54, 1.807) is 13.8 Å². The first-order chi connectivity index (χ1) is 8.82. The standard InChI is InChI=1S/C10H11F3N6/c1-5-8(18-14)16-6(2)17-9(5)19-4-7(3-15-19)10(11,12)13/h3-4H,14H2,1-2H3,(H,16,17,18). The van der Waals surface area contributed by atoms with Crippen molar-refractivity contribution in [1.29, 1.82) is 0 Å². The number of hydrazine groups is 1. The van der Waals surface area contributed by atoms with E-state index in [1.807, 2.05) is 0 Å². The minimum absolute atomic E-state index is 0.246. The van der Waals surface area contributed by atoms with Crippen LogP contribution in [-0.2, 0) is 6.18 Å². The zero-order valence-corrected chi connectivity index (χ0v) is 10.2. The predicted molar refractivity (Wildman–Crippen MR) is 61.4 cm³/mol. The van der Waals surface area contributed by atoms with E-state index in [-0.39, 0.29) is 5.82 Å². The minimum Gasteiger partial charge on any atom is -0.308 e. The van der Waals surface area contributed by atoms with Gasteiger partial charge >= 0.3 is 6.18 Å². The molecule has 0 radical (unpaired) electrons. The second kappa shape index (κ2) is 4.50. The van der Waals surface area contributed by atoms with Gasteiger partial charge in [-0.2, -0.15) is 18.3 Å². The summed E-state index contributed by atoms with van der Waals surface area (Å²) >= 11 is 0. The van der Waals surface area contributed by atoms with Gasteiger partial charge in [0.15, 0.2) is 5.82 Å². The van der Waals surface area contributed by atoms with Crippen LogP contribution in [0.1, 0.15) is 17.0 Å². The molecule has 0 aromatic carbocycles. The Kier molecular flexibility index (Phi) is 3.14. The van der Waals surface area contributed by atoms with Gasteiger partial charge in [-0.15, -0.1) is 0 Å². The van der Waals surface area contributed by atoms with Gasteiger partial charge in [0.2, 0.25) is 0 Å². The molecule has 6 nitrogen and oxygen atoms in total. The van der Waals surface area contributed by atoms with Crippen molar-refractivity contribution in [3.05, 3.63) is 29.3 Å². The molecule has 0 bridgehead atoms. The fraction of sp³-hybridized carbons (Fsp3) is 0.300. The second-order valence-electron chi connectivity index (χ2n) is 3.88. The van der Waals surface area contributed by atoms with Crippen LogP contribution in [0.25, 0.3) is 5.82 Å². The molecule has 0 aliphatic carbocycles. The number of rotatable bonds is 2. The summed E-state index contributed by atoms with van der Waals surface area (Å²) in [5.41, 5.74) is 2.03. The topological polar surface area (TPSA) is 81.6 Å². The summed E-state index contributed by atoms with van der Waals surface area (Å²) in [6.07, 6.45) is -2.83. The monoisotopic (exact) mass is 272 g/mol. The number of nitrogens with zero attached hydrogens (tertiary/aromatic N) is 4. The zero-order chi connectivity index (χ0) is 14.2. The number of nitrogen functional groups attached to an aromatic ring is 1. The maximum absolute atomic E-state index is 12.5. The normalized spacial score (nSPS) is 11.7. The zero-order valence-electron chi connectivity index (χ0n) is 10.2. The molecule has 2 heterocycles. The molecule has 19 heavy (non-hydrogen) atoms. The number of aryl methyl sites for hydroxylation is 1. The lowest BCUT2D eigenvalue weighted by atomic mass is 10.3. The van der Waals surface area contributed by atoms with Crippen molar-refractivity contribution in [2.24, 2.45) is 5.84 Å². The van der Waals surface area contributed by atoms with Gasteiger partial charge in [0.1, 0.15) is 11.6 Å². The van der Waals surface area contributed by atoms with Gasteiger partial charge < -0.3 is 5.43 Å². The highest BCUT2D eigenvalue weighted by Crippen LogP contribution is 2.29. The molecule has 0 atom stereocenters. The highest BCUT2D eigenvalue weighted by atomic mass is 19.4. The molecule has 0 unspecified atom stereocenters. The van der Waals surface area contributed by atoms with Gasteiger partial charge in [0, 0.05) is 11.8 Å². The number of hydrogen-bond acceptors (Lipinski definition) is 5. The van der Waals surface area contributed by atoms with Crippen molar-refractivity contribution < 1.29 is 13.2 Å². The van der Waals surface area contributed by atoms with Crippen LogP contribution in [0.3, 0.4) is 0 Å². The Hall–Kier alpha value is -2.16. The van der Waals surface area contributed by atoms with E-state index in [2.05, 4.69) is 20.5 Å². The Bertz CT molecular complexity index is 604. The molecule has 0 spiro atoms. The van der Waals surface area contributed by atoms with Gasteiger partial charge in [-0.1, -0.05) is 0 Å². The van der Waals surface area contributed by atoms with E-state index in [4.69, 9.17) is 5.84 Å². The highest BCUT2D eigenvalue weighted by Gasteiger charge is 2.32. The molecule has 0 aliphatic rings. The second-order valence-corrected chi connectivity index (χ2v) is 3.88. The van der Waals surface area contributed by atoms with Crippen LogP contribution in [0, 0.1) is 13.8 Å². The smallest absolute Gasteiger partial charge is 0.308 e. The predicted octanol–water partition coefficient (Wildman–Crippen LogP) is 1.58. The average molecular weight is 272 g/mol. The molecular weight excluding hydrogens is 261 g/mol.